The molecule has 1 atom stereocenters. The number of rotatable bonds is 6. The average molecular weight is 342 g/mol. The summed E-state index contributed by atoms with van der Waals surface area (Å²) in [7, 11) is 0. The maximum absolute atomic E-state index is 11.6. The maximum Gasteiger partial charge on any atom is 0.328 e. The number of halogens is 1. The van der Waals surface area contributed by atoms with Gasteiger partial charge in [-0.15, -0.1) is 0 Å². The molecule has 0 radical (unpaired) electrons. The topological polar surface area (TPSA) is 125 Å². The first-order valence-corrected chi connectivity index (χ1v) is 7.18. The van der Waals surface area contributed by atoms with Crippen molar-refractivity contribution in [1.82, 2.24) is 0 Å². The van der Waals surface area contributed by atoms with Crippen molar-refractivity contribution in [2.24, 2.45) is 5.73 Å². The number of nitrogens with zero attached hydrogens (tertiary/aromatic N) is 1. The highest BCUT2D eigenvalue weighted by molar-refractivity contribution is 6.33. The number of carboxylic acid groups (broad SMARTS) is 1. The SMILES string of the molecule is Cc1cccc(Cl)c1N[C@@H](C)C(=O)OCCC#N.NCC(=O)O. The zero-order valence-electron chi connectivity index (χ0n) is 13.0. The van der Waals surface area contributed by atoms with Gasteiger partial charge in [0.25, 0.3) is 0 Å². The Morgan fingerprint density at radius 1 is 1.52 bits per heavy atom. The van der Waals surface area contributed by atoms with Crippen LogP contribution in [0.3, 0.4) is 0 Å². The predicted octanol–water partition coefficient (Wildman–Crippen LogP) is 1.94. The maximum atomic E-state index is 11.6. The van der Waals surface area contributed by atoms with Gasteiger partial charge in [0.2, 0.25) is 0 Å². The summed E-state index contributed by atoms with van der Waals surface area (Å²) in [6, 6.07) is 6.90. The average Bonchev–Trinajstić information content (AvgIpc) is 2.51. The lowest BCUT2D eigenvalue weighted by atomic mass is 10.2. The van der Waals surface area contributed by atoms with Crippen LogP contribution < -0.4 is 11.1 Å². The van der Waals surface area contributed by atoms with Crippen LogP contribution in [0.1, 0.15) is 18.9 Å². The summed E-state index contributed by atoms with van der Waals surface area (Å²) in [6.45, 7) is 3.43. The molecule has 0 fully saturated rings. The van der Waals surface area contributed by atoms with Gasteiger partial charge in [-0.25, -0.2) is 4.79 Å². The van der Waals surface area contributed by atoms with E-state index in [0.717, 1.165) is 11.3 Å². The number of anilines is 1. The second-order valence-electron chi connectivity index (χ2n) is 4.47. The van der Waals surface area contributed by atoms with Gasteiger partial charge in [-0.2, -0.15) is 5.26 Å². The van der Waals surface area contributed by atoms with Gasteiger partial charge >= 0.3 is 11.9 Å². The monoisotopic (exact) mass is 341 g/mol. The fourth-order valence-electron chi connectivity index (χ4n) is 1.41. The number of hydrogen-bond acceptors (Lipinski definition) is 6. The summed E-state index contributed by atoms with van der Waals surface area (Å²) >= 11 is 6.05. The molecule has 0 unspecified atom stereocenters. The third-order valence-electron chi connectivity index (χ3n) is 2.57. The number of ether oxygens (including phenoxy) is 1. The largest absolute Gasteiger partial charge is 0.480 e. The van der Waals surface area contributed by atoms with E-state index in [-0.39, 0.29) is 19.6 Å². The Kier molecular flexibility index (Phi) is 10.2. The van der Waals surface area contributed by atoms with Crippen molar-refractivity contribution in [2.75, 3.05) is 18.5 Å². The molecule has 0 aliphatic carbocycles. The molecule has 23 heavy (non-hydrogen) atoms. The predicted molar refractivity (Wildman–Crippen MR) is 87.2 cm³/mol. The number of aliphatic carboxylic acids is 1. The summed E-state index contributed by atoms with van der Waals surface area (Å²) in [5, 5.41) is 19.5. The van der Waals surface area contributed by atoms with Crippen molar-refractivity contribution in [3.63, 3.8) is 0 Å². The lowest BCUT2D eigenvalue weighted by molar-refractivity contribution is -0.144. The number of hydrogen-bond donors (Lipinski definition) is 3. The van der Waals surface area contributed by atoms with Crippen molar-refractivity contribution in [3.05, 3.63) is 28.8 Å². The Bertz CT molecular complexity index is 552. The molecule has 0 aliphatic heterocycles. The Morgan fingerprint density at radius 3 is 2.61 bits per heavy atom. The summed E-state index contributed by atoms with van der Waals surface area (Å²) < 4.78 is 4.93. The number of carbonyl (C=O) groups excluding carboxylic acids is 1. The van der Waals surface area contributed by atoms with Gasteiger partial charge in [-0.05, 0) is 25.5 Å². The van der Waals surface area contributed by atoms with E-state index in [1.807, 2.05) is 25.1 Å². The third kappa shape index (κ3) is 8.66. The van der Waals surface area contributed by atoms with Gasteiger partial charge in [0.15, 0.2) is 0 Å². The van der Waals surface area contributed by atoms with Crippen LogP contribution in [0.4, 0.5) is 5.69 Å². The number of nitrogens with one attached hydrogen (secondary N) is 1. The number of nitriles is 1. The van der Waals surface area contributed by atoms with Gasteiger partial charge in [-0.1, -0.05) is 23.7 Å². The number of esters is 1. The second kappa shape index (κ2) is 11.3. The molecule has 0 amide bonds. The van der Waals surface area contributed by atoms with Crippen molar-refractivity contribution in [1.29, 1.82) is 5.26 Å². The summed E-state index contributed by atoms with van der Waals surface area (Å²) in [5.74, 6) is -1.37. The van der Waals surface area contributed by atoms with Crippen LogP contribution in [0.15, 0.2) is 18.2 Å². The summed E-state index contributed by atoms with van der Waals surface area (Å²) in [4.78, 5) is 20.9. The van der Waals surface area contributed by atoms with Crippen LogP contribution in [-0.4, -0.2) is 36.2 Å². The molecule has 1 rings (SSSR count). The quantitative estimate of drug-likeness (QED) is 0.533. The fraction of sp³-hybridized carbons (Fsp3) is 0.400. The molecule has 0 aromatic heterocycles. The molecular weight excluding hydrogens is 322 g/mol. The Labute approximate surface area is 140 Å². The molecule has 126 valence electrons. The molecule has 0 spiro atoms. The van der Waals surface area contributed by atoms with E-state index < -0.39 is 18.0 Å². The van der Waals surface area contributed by atoms with E-state index in [9.17, 15) is 9.59 Å². The van der Waals surface area contributed by atoms with Gasteiger partial charge in [0, 0.05) is 0 Å². The zero-order chi connectivity index (χ0) is 17.8. The fourth-order valence-corrected chi connectivity index (χ4v) is 1.69. The molecule has 0 bridgehead atoms. The lowest BCUT2D eigenvalue weighted by Crippen LogP contribution is -2.28. The van der Waals surface area contributed by atoms with Crippen molar-refractivity contribution in [2.45, 2.75) is 26.3 Å². The van der Waals surface area contributed by atoms with Crippen LogP contribution in [0.5, 0.6) is 0 Å². The highest BCUT2D eigenvalue weighted by Gasteiger charge is 2.16. The van der Waals surface area contributed by atoms with Crippen molar-refractivity contribution >= 4 is 29.2 Å². The molecule has 0 heterocycles. The van der Waals surface area contributed by atoms with Crippen LogP contribution in [0.2, 0.25) is 5.02 Å². The van der Waals surface area contributed by atoms with Gasteiger partial charge in [0.05, 0.1) is 29.7 Å². The smallest absolute Gasteiger partial charge is 0.328 e. The Hall–Kier alpha value is -2.30. The summed E-state index contributed by atoms with van der Waals surface area (Å²) in [6.07, 6.45) is 0.198. The molecule has 4 N–H and O–H groups in total. The van der Waals surface area contributed by atoms with Crippen LogP contribution in [-0.2, 0) is 14.3 Å². The number of benzene rings is 1. The molecule has 8 heteroatoms. The number of aryl methyl sites for hydroxylation is 1. The molecule has 1 aromatic rings. The molecule has 0 saturated heterocycles. The van der Waals surface area contributed by atoms with Crippen LogP contribution in [0, 0.1) is 18.3 Å². The first kappa shape index (κ1) is 20.7. The highest BCUT2D eigenvalue weighted by atomic mass is 35.5. The molecule has 0 saturated carbocycles. The molecule has 7 nitrogen and oxygen atoms in total. The minimum Gasteiger partial charge on any atom is -0.480 e. The Balaban J connectivity index is 0.000000841. The first-order chi connectivity index (χ1) is 10.8. The standard InChI is InChI=1S/C13H15ClN2O2.C2H5NO2/c1-9-5-3-6-11(14)12(9)16-10(2)13(17)18-8-4-7-15;3-1-2(4)5/h3,5-6,10,16H,4,8H2,1-2H3;1,3H2,(H,4,5)/t10-;/m0./s1. The van der Waals surface area contributed by atoms with Gasteiger partial charge in [0.1, 0.15) is 12.6 Å². The normalized spacial score (nSPS) is 10.6. The van der Waals surface area contributed by atoms with E-state index in [0.29, 0.717) is 5.02 Å². The van der Waals surface area contributed by atoms with Gasteiger partial charge < -0.3 is 20.9 Å². The number of nitrogens with two attached hydrogens (primary N) is 1. The molecular formula is C15H20ClN3O4. The lowest BCUT2D eigenvalue weighted by Gasteiger charge is -2.16. The second-order valence-corrected chi connectivity index (χ2v) is 4.88. The Morgan fingerprint density at radius 2 is 2.13 bits per heavy atom. The molecule has 1 aromatic carbocycles. The van der Waals surface area contributed by atoms with Crippen LogP contribution >= 0.6 is 11.6 Å². The van der Waals surface area contributed by atoms with E-state index in [2.05, 4.69) is 11.1 Å². The van der Waals surface area contributed by atoms with E-state index in [4.69, 9.17) is 26.7 Å². The van der Waals surface area contributed by atoms with Gasteiger partial charge in [-0.3, -0.25) is 4.79 Å². The first-order valence-electron chi connectivity index (χ1n) is 6.80. The zero-order valence-corrected chi connectivity index (χ0v) is 13.8. The van der Waals surface area contributed by atoms with Crippen LogP contribution in [0.25, 0.3) is 0 Å². The molecule has 0 aliphatic rings. The van der Waals surface area contributed by atoms with Crippen molar-refractivity contribution in [3.8, 4) is 6.07 Å². The number of carbonyl (C=O) groups is 2. The minimum absolute atomic E-state index is 0.114. The number of para-hydroxylation sites is 1. The highest BCUT2D eigenvalue weighted by Crippen LogP contribution is 2.25. The number of carboxylic acids is 1. The van der Waals surface area contributed by atoms with E-state index >= 15 is 0 Å². The van der Waals surface area contributed by atoms with E-state index in [1.54, 1.807) is 13.0 Å². The minimum atomic E-state index is -0.968. The third-order valence-corrected chi connectivity index (χ3v) is 2.88. The van der Waals surface area contributed by atoms with E-state index in [1.165, 1.54) is 0 Å². The summed E-state index contributed by atoms with van der Waals surface area (Å²) in [5.41, 5.74) is 6.26. The van der Waals surface area contributed by atoms with Crippen molar-refractivity contribution < 1.29 is 19.4 Å².